The lowest BCUT2D eigenvalue weighted by Gasteiger charge is -2.31. The van der Waals surface area contributed by atoms with Gasteiger partial charge in [0.05, 0.1) is 16.8 Å². The molecule has 0 spiro atoms. The van der Waals surface area contributed by atoms with Crippen LogP contribution in [0.25, 0.3) is 0 Å². The van der Waals surface area contributed by atoms with Crippen LogP contribution in [0.4, 0.5) is 16.2 Å². The van der Waals surface area contributed by atoms with Gasteiger partial charge in [-0.15, -0.1) is 0 Å². The molecule has 2 aliphatic heterocycles. The number of hydrogen-bond acceptors (Lipinski definition) is 3. The Hall–Kier alpha value is -2.24. The molecular weight excluding hydrogens is 330 g/mol. The Morgan fingerprint density at radius 2 is 1.88 bits per heavy atom. The van der Waals surface area contributed by atoms with Crippen molar-refractivity contribution in [1.82, 2.24) is 4.90 Å². The van der Waals surface area contributed by atoms with E-state index in [-0.39, 0.29) is 11.9 Å². The number of urea groups is 1. The van der Waals surface area contributed by atoms with Crippen LogP contribution in [0, 0.1) is 11.3 Å². The fraction of sp³-hybridized carbons (Fsp3) is 0.600. The van der Waals surface area contributed by atoms with Crippen LogP contribution in [-0.2, 0) is 4.79 Å². The molecule has 1 aromatic carbocycles. The molecule has 0 bridgehead atoms. The van der Waals surface area contributed by atoms with Gasteiger partial charge in [-0.3, -0.25) is 4.79 Å². The maximum Gasteiger partial charge on any atom is 0.321 e. The number of aliphatic carboxylic acids is 1. The zero-order chi connectivity index (χ0) is 18.1. The molecule has 0 radical (unpaired) electrons. The van der Waals surface area contributed by atoms with Crippen LogP contribution in [0.2, 0.25) is 0 Å². The molecule has 6 nitrogen and oxygen atoms in total. The Labute approximate surface area is 154 Å². The summed E-state index contributed by atoms with van der Waals surface area (Å²) in [5.41, 5.74) is 1.15. The molecule has 3 fully saturated rings. The van der Waals surface area contributed by atoms with Gasteiger partial charge in [-0.25, -0.2) is 4.79 Å². The minimum Gasteiger partial charge on any atom is -0.481 e. The third kappa shape index (κ3) is 2.91. The number of likely N-dealkylation sites (tertiary alicyclic amines) is 1. The maximum absolute atomic E-state index is 12.8. The standard InChI is InChI=1S/C20H27N3O3/c24-18(25)20-10-6-7-15(20)13-23(14-20)19(26)21-16-8-2-3-9-17(16)22-11-4-1-5-12-22/h2-3,8-9,15H,1,4-7,10-14H2,(H,21,26)(H,24,25)/t15-,20+/m0/s1. The highest BCUT2D eigenvalue weighted by Gasteiger charge is 2.55. The fourth-order valence-corrected chi connectivity index (χ4v) is 4.98. The average molecular weight is 357 g/mol. The van der Waals surface area contributed by atoms with Crippen LogP contribution in [0.3, 0.4) is 0 Å². The molecule has 2 saturated heterocycles. The van der Waals surface area contributed by atoms with Crippen molar-refractivity contribution < 1.29 is 14.7 Å². The molecule has 0 unspecified atom stereocenters. The molecule has 140 valence electrons. The van der Waals surface area contributed by atoms with Gasteiger partial charge in [0, 0.05) is 26.2 Å². The van der Waals surface area contributed by atoms with Crippen molar-refractivity contribution in [2.75, 3.05) is 36.4 Å². The summed E-state index contributed by atoms with van der Waals surface area (Å²) in [5, 5.41) is 12.8. The summed E-state index contributed by atoms with van der Waals surface area (Å²) < 4.78 is 0. The summed E-state index contributed by atoms with van der Waals surface area (Å²) >= 11 is 0. The average Bonchev–Trinajstić information content (AvgIpc) is 3.21. The van der Waals surface area contributed by atoms with Crippen LogP contribution in [-0.4, -0.2) is 48.2 Å². The number of nitrogens with zero attached hydrogens (tertiary/aromatic N) is 2. The van der Waals surface area contributed by atoms with Crippen molar-refractivity contribution in [3.05, 3.63) is 24.3 Å². The Balaban J connectivity index is 1.48. The highest BCUT2D eigenvalue weighted by Crippen LogP contribution is 2.49. The van der Waals surface area contributed by atoms with Crippen molar-refractivity contribution >= 4 is 23.4 Å². The number of rotatable bonds is 3. The number of fused-ring (bicyclic) bond motifs is 1. The molecular formula is C20H27N3O3. The van der Waals surface area contributed by atoms with E-state index in [4.69, 9.17) is 0 Å². The van der Waals surface area contributed by atoms with E-state index in [1.54, 1.807) is 4.90 Å². The van der Waals surface area contributed by atoms with Crippen molar-refractivity contribution in [2.24, 2.45) is 11.3 Å². The molecule has 6 heteroatoms. The van der Waals surface area contributed by atoms with Gasteiger partial charge in [0.1, 0.15) is 0 Å². The number of para-hydroxylation sites is 2. The molecule has 2 amide bonds. The number of anilines is 2. The molecule has 1 aromatic rings. The van der Waals surface area contributed by atoms with E-state index < -0.39 is 11.4 Å². The summed E-state index contributed by atoms with van der Waals surface area (Å²) in [7, 11) is 0. The Morgan fingerprint density at radius 1 is 1.12 bits per heavy atom. The SMILES string of the molecule is O=C(Nc1ccccc1N1CCCCC1)N1C[C@@H]2CCC[C@@]2(C(=O)O)C1. The van der Waals surface area contributed by atoms with E-state index in [9.17, 15) is 14.7 Å². The number of benzene rings is 1. The first kappa shape index (κ1) is 17.2. The minimum atomic E-state index is -0.746. The molecule has 2 N–H and O–H groups in total. The van der Waals surface area contributed by atoms with E-state index in [0.717, 1.165) is 37.3 Å². The lowest BCUT2D eigenvalue weighted by molar-refractivity contribution is -0.149. The molecule has 0 aromatic heterocycles. The number of carboxylic acid groups (broad SMARTS) is 1. The van der Waals surface area contributed by atoms with Gasteiger partial charge in [-0.05, 0) is 50.2 Å². The Bertz CT molecular complexity index is 701. The number of nitrogens with one attached hydrogen (secondary N) is 1. The molecule has 2 atom stereocenters. The number of hydrogen-bond donors (Lipinski definition) is 2. The number of carboxylic acids is 1. The first-order valence-electron chi connectivity index (χ1n) is 9.73. The van der Waals surface area contributed by atoms with Gasteiger partial charge in [-0.2, -0.15) is 0 Å². The van der Waals surface area contributed by atoms with Crippen LogP contribution in [0.15, 0.2) is 24.3 Å². The predicted octanol–water partition coefficient (Wildman–Crippen LogP) is 3.40. The van der Waals surface area contributed by atoms with Crippen molar-refractivity contribution in [1.29, 1.82) is 0 Å². The topological polar surface area (TPSA) is 72.9 Å². The molecule has 3 aliphatic rings. The van der Waals surface area contributed by atoms with E-state index in [1.165, 1.54) is 19.3 Å². The molecule has 1 aliphatic carbocycles. The summed E-state index contributed by atoms with van der Waals surface area (Å²) in [6, 6.07) is 7.74. The number of carbonyl (C=O) groups is 2. The van der Waals surface area contributed by atoms with Crippen molar-refractivity contribution in [3.8, 4) is 0 Å². The number of amides is 2. The van der Waals surface area contributed by atoms with Crippen molar-refractivity contribution in [3.63, 3.8) is 0 Å². The normalized spacial score (nSPS) is 28.1. The van der Waals surface area contributed by atoms with Gasteiger partial charge in [-0.1, -0.05) is 18.6 Å². The quantitative estimate of drug-likeness (QED) is 0.870. The zero-order valence-electron chi connectivity index (χ0n) is 15.1. The highest BCUT2D eigenvalue weighted by atomic mass is 16.4. The second-order valence-corrected chi connectivity index (χ2v) is 7.93. The van der Waals surface area contributed by atoms with Crippen LogP contribution in [0.1, 0.15) is 38.5 Å². The first-order valence-corrected chi connectivity index (χ1v) is 9.73. The highest BCUT2D eigenvalue weighted by molar-refractivity contribution is 5.94. The van der Waals surface area contributed by atoms with Gasteiger partial charge in [0.2, 0.25) is 0 Å². The molecule has 2 heterocycles. The summed E-state index contributed by atoms with van der Waals surface area (Å²) in [4.78, 5) is 28.7. The van der Waals surface area contributed by atoms with Crippen molar-refractivity contribution in [2.45, 2.75) is 38.5 Å². The second-order valence-electron chi connectivity index (χ2n) is 7.93. The Kier molecular flexibility index (Phi) is 4.51. The maximum atomic E-state index is 12.8. The third-order valence-electron chi connectivity index (χ3n) is 6.43. The largest absolute Gasteiger partial charge is 0.481 e. The molecule has 4 rings (SSSR count). The summed E-state index contributed by atoms with van der Waals surface area (Å²) in [5.74, 6) is -0.660. The Morgan fingerprint density at radius 3 is 2.62 bits per heavy atom. The van der Waals surface area contributed by atoms with Crippen LogP contribution in [0.5, 0.6) is 0 Å². The van der Waals surface area contributed by atoms with E-state index in [1.807, 2.05) is 18.2 Å². The number of piperidine rings is 1. The smallest absolute Gasteiger partial charge is 0.321 e. The minimum absolute atomic E-state index is 0.0862. The monoisotopic (exact) mass is 357 g/mol. The van der Waals surface area contributed by atoms with E-state index >= 15 is 0 Å². The lowest BCUT2D eigenvalue weighted by Crippen LogP contribution is -2.39. The van der Waals surface area contributed by atoms with E-state index in [0.29, 0.717) is 19.5 Å². The first-order chi connectivity index (χ1) is 12.6. The van der Waals surface area contributed by atoms with Crippen LogP contribution >= 0.6 is 0 Å². The van der Waals surface area contributed by atoms with Gasteiger partial charge >= 0.3 is 12.0 Å². The summed E-state index contributed by atoms with van der Waals surface area (Å²) in [6.45, 7) is 2.90. The third-order valence-corrected chi connectivity index (χ3v) is 6.43. The molecule has 1 saturated carbocycles. The van der Waals surface area contributed by atoms with Crippen LogP contribution < -0.4 is 10.2 Å². The number of carbonyl (C=O) groups excluding carboxylic acids is 1. The van der Waals surface area contributed by atoms with Gasteiger partial charge < -0.3 is 20.2 Å². The fourth-order valence-electron chi connectivity index (χ4n) is 4.98. The summed E-state index contributed by atoms with van der Waals surface area (Å²) in [6.07, 6.45) is 6.15. The predicted molar refractivity (Wildman–Crippen MR) is 101 cm³/mol. The van der Waals surface area contributed by atoms with Gasteiger partial charge in [0.15, 0.2) is 0 Å². The lowest BCUT2D eigenvalue weighted by atomic mass is 9.81. The van der Waals surface area contributed by atoms with Gasteiger partial charge in [0.25, 0.3) is 0 Å². The molecule has 26 heavy (non-hydrogen) atoms. The second kappa shape index (κ2) is 6.82. The van der Waals surface area contributed by atoms with E-state index in [2.05, 4.69) is 16.3 Å². The zero-order valence-corrected chi connectivity index (χ0v) is 15.1.